The Morgan fingerprint density at radius 2 is 2.11 bits per heavy atom. The highest BCUT2D eigenvalue weighted by molar-refractivity contribution is 6.19. The molecule has 0 spiro atoms. The highest BCUT2D eigenvalue weighted by atomic mass is 35.5. The van der Waals surface area contributed by atoms with E-state index in [1.807, 2.05) is 30.3 Å². The molecule has 0 saturated heterocycles. The average Bonchev–Trinajstić information content (AvgIpc) is 2.40. The second kappa shape index (κ2) is 8.59. The van der Waals surface area contributed by atoms with Crippen LogP contribution in [0.15, 0.2) is 42.1 Å². The molecule has 0 aliphatic rings. The largest absolute Gasteiger partial charge is 0.466 e. The molecule has 0 fully saturated rings. The zero-order valence-electron chi connectivity index (χ0n) is 10.5. The van der Waals surface area contributed by atoms with Crippen molar-refractivity contribution in [3.63, 3.8) is 0 Å². The summed E-state index contributed by atoms with van der Waals surface area (Å²) >= 11 is 5.81. The molecule has 1 N–H and O–H groups in total. The minimum Gasteiger partial charge on any atom is -0.466 e. The molecule has 0 bridgehead atoms. The van der Waals surface area contributed by atoms with Crippen LogP contribution in [0.2, 0.25) is 0 Å². The van der Waals surface area contributed by atoms with Crippen LogP contribution in [0.3, 0.4) is 0 Å². The van der Waals surface area contributed by atoms with Crippen molar-refractivity contribution >= 4 is 17.6 Å². The number of nitrogens with one attached hydrogen (secondary N) is 1. The van der Waals surface area contributed by atoms with Crippen LogP contribution in [0.5, 0.6) is 0 Å². The zero-order chi connectivity index (χ0) is 13.2. The first-order valence-corrected chi connectivity index (χ1v) is 6.48. The SMILES string of the molecule is CCOC(=O)C/C=C(/CCl)NCc1ccccc1. The Kier molecular flexibility index (Phi) is 6.96. The van der Waals surface area contributed by atoms with Crippen molar-refractivity contribution in [1.29, 1.82) is 0 Å². The Bertz CT molecular complexity index is 390. The van der Waals surface area contributed by atoms with Crippen molar-refractivity contribution in [2.75, 3.05) is 12.5 Å². The normalized spacial score (nSPS) is 11.1. The van der Waals surface area contributed by atoms with Crippen LogP contribution in [-0.2, 0) is 16.1 Å². The third-order valence-corrected chi connectivity index (χ3v) is 2.61. The van der Waals surface area contributed by atoms with Gasteiger partial charge in [-0.25, -0.2) is 0 Å². The maximum atomic E-state index is 11.2. The van der Waals surface area contributed by atoms with Gasteiger partial charge in [0.05, 0.1) is 18.9 Å². The minimum atomic E-state index is -0.235. The average molecular weight is 268 g/mol. The molecule has 0 radical (unpaired) electrons. The van der Waals surface area contributed by atoms with Crippen LogP contribution < -0.4 is 5.32 Å². The first kappa shape index (κ1) is 14.6. The van der Waals surface area contributed by atoms with E-state index in [-0.39, 0.29) is 12.4 Å². The lowest BCUT2D eigenvalue weighted by Gasteiger charge is -2.08. The first-order valence-electron chi connectivity index (χ1n) is 5.94. The maximum Gasteiger partial charge on any atom is 0.309 e. The van der Waals surface area contributed by atoms with E-state index in [0.717, 1.165) is 5.70 Å². The number of hydrogen-bond donors (Lipinski definition) is 1. The Morgan fingerprint density at radius 3 is 2.72 bits per heavy atom. The number of benzene rings is 1. The zero-order valence-corrected chi connectivity index (χ0v) is 11.2. The number of rotatable bonds is 7. The predicted molar refractivity (Wildman–Crippen MR) is 73.3 cm³/mol. The van der Waals surface area contributed by atoms with E-state index in [4.69, 9.17) is 16.3 Å². The quantitative estimate of drug-likeness (QED) is 0.610. The second-order valence-electron chi connectivity index (χ2n) is 3.71. The van der Waals surface area contributed by atoms with Crippen LogP contribution in [0.1, 0.15) is 18.9 Å². The summed E-state index contributed by atoms with van der Waals surface area (Å²) in [7, 11) is 0. The summed E-state index contributed by atoms with van der Waals surface area (Å²) < 4.78 is 4.85. The standard InChI is InChI=1S/C14H18ClNO2/c1-2-18-14(17)9-8-13(10-15)16-11-12-6-4-3-5-7-12/h3-8,16H,2,9-11H2,1H3/b13-8-. The summed E-state index contributed by atoms with van der Waals surface area (Å²) in [6, 6.07) is 10.0. The summed E-state index contributed by atoms with van der Waals surface area (Å²) in [5, 5.41) is 3.20. The molecule has 0 atom stereocenters. The number of carbonyl (C=O) groups is 1. The highest BCUT2D eigenvalue weighted by Crippen LogP contribution is 2.02. The number of ether oxygens (including phenoxy) is 1. The molecule has 1 aromatic rings. The molecule has 0 aliphatic carbocycles. The van der Waals surface area contributed by atoms with E-state index < -0.39 is 0 Å². The van der Waals surface area contributed by atoms with Crippen LogP contribution in [0, 0.1) is 0 Å². The molecule has 0 aliphatic heterocycles. The topological polar surface area (TPSA) is 38.3 Å². The molecule has 98 valence electrons. The van der Waals surface area contributed by atoms with Crippen molar-refractivity contribution < 1.29 is 9.53 Å². The van der Waals surface area contributed by atoms with Gasteiger partial charge in [0.1, 0.15) is 0 Å². The van der Waals surface area contributed by atoms with Crippen LogP contribution in [0.25, 0.3) is 0 Å². The van der Waals surface area contributed by atoms with Gasteiger partial charge in [-0.05, 0) is 12.5 Å². The van der Waals surface area contributed by atoms with Gasteiger partial charge in [0, 0.05) is 12.2 Å². The third-order valence-electron chi connectivity index (χ3n) is 2.33. The van der Waals surface area contributed by atoms with Crippen LogP contribution in [0.4, 0.5) is 0 Å². The molecule has 18 heavy (non-hydrogen) atoms. The van der Waals surface area contributed by atoms with Gasteiger partial charge in [0.2, 0.25) is 0 Å². The first-order chi connectivity index (χ1) is 8.76. The van der Waals surface area contributed by atoms with E-state index in [1.165, 1.54) is 5.56 Å². The van der Waals surface area contributed by atoms with Gasteiger partial charge < -0.3 is 10.1 Å². The van der Waals surface area contributed by atoms with E-state index in [2.05, 4.69) is 5.32 Å². The van der Waals surface area contributed by atoms with Gasteiger partial charge in [-0.15, -0.1) is 11.6 Å². The number of hydrogen-bond acceptors (Lipinski definition) is 3. The van der Waals surface area contributed by atoms with Crippen LogP contribution in [-0.4, -0.2) is 18.5 Å². The van der Waals surface area contributed by atoms with Crippen molar-refractivity contribution in [2.24, 2.45) is 0 Å². The molecule has 0 heterocycles. The molecule has 0 saturated carbocycles. The number of halogens is 1. The Morgan fingerprint density at radius 1 is 1.39 bits per heavy atom. The van der Waals surface area contributed by atoms with Gasteiger partial charge in [-0.1, -0.05) is 36.4 Å². The monoisotopic (exact) mass is 267 g/mol. The molecular formula is C14H18ClNO2. The molecule has 0 unspecified atom stereocenters. The lowest BCUT2D eigenvalue weighted by atomic mass is 10.2. The lowest BCUT2D eigenvalue weighted by Crippen LogP contribution is -2.14. The molecule has 0 amide bonds. The van der Waals surface area contributed by atoms with Gasteiger partial charge in [0.25, 0.3) is 0 Å². The summed E-state index contributed by atoms with van der Waals surface area (Å²) in [6.45, 7) is 2.89. The Hall–Kier alpha value is -1.48. The van der Waals surface area contributed by atoms with E-state index in [9.17, 15) is 4.79 Å². The predicted octanol–water partition coefficient (Wildman–Crippen LogP) is 2.85. The van der Waals surface area contributed by atoms with Crippen molar-refractivity contribution in [3.05, 3.63) is 47.7 Å². The van der Waals surface area contributed by atoms with Gasteiger partial charge in [-0.3, -0.25) is 4.79 Å². The van der Waals surface area contributed by atoms with Gasteiger partial charge in [-0.2, -0.15) is 0 Å². The van der Waals surface area contributed by atoms with Crippen molar-refractivity contribution in [1.82, 2.24) is 5.32 Å². The van der Waals surface area contributed by atoms with E-state index >= 15 is 0 Å². The van der Waals surface area contributed by atoms with Crippen LogP contribution >= 0.6 is 11.6 Å². The third kappa shape index (κ3) is 5.73. The van der Waals surface area contributed by atoms with Gasteiger partial charge in [0.15, 0.2) is 0 Å². The van der Waals surface area contributed by atoms with E-state index in [1.54, 1.807) is 13.0 Å². The summed E-state index contributed by atoms with van der Waals surface area (Å²) in [5.74, 6) is 0.119. The Balaban J connectivity index is 2.42. The fourth-order valence-corrected chi connectivity index (χ4v) is 1.62. The number of alkyl halides is 1. The molecule has 4 heteroatoms. The fourth-order valence-electron chi connectivity index (χ4n) is 1.41. The lowest BCUT2D eigenvalue weighted by molar-refractivity contribution is -0.142. The Labute approximate surface area is 113 Å². The highest BCUT2D eigenvalue weighted by Gasteiger charge is 2.01. The fraction of sp³-hybridized carbons (Fsp3) is 0.357. The maximum absolute atomic E-state index is 11.2. The smallest absolute Gasteiger partial charge is 0.309 e. The number of esters is 1. The molecular weight excluding hydrogens is 250 g/mol. The second-order valence-corrected chi connectivity index (χ2v) is 3.98. The van der Waals surface area contributed by atoms with E-state index in [0.29, 0.717) is 19.0 Å². The summed E-state index contributed by atoms with van der Waals surface area (Å²) in [6.07, 6.45) is 2.02. The number of allylic oxidation sites excluding steroid dienone is 1. The molecule has 1 rings (SSSR count). The molecule has 0 aromatic heterocycles. The minimum absolute atomic E-state index is 0.235. The van der Waals surface area contributed by atoms with Crippen molar-refractivity contribution in [3.8, 4) is 0 Å². The van der Waals surface area contributed by atoms with Crippen molar-refractivity contribution in [2.45, 2.75) is 19.9 Å². The van der Waals surface area contributed by atoms with Gasteiger partial charge >= 0.3 is 5.97 Å². The molecule has 1 aromatic carbocycles. The summed E-state index contributed by atoms with van der Waals surface area (Å²) in [4.78, 5) is 11.2. The summed E-state index contributed by atoms with van der Waals surface area (Å²) in [5.41, 5.74) is 2.01. The number of carbonyl (C=O) groups excluding carboxylic acids is 1. The molecule has 3 nitrogen and oxygen atoms in total.